The van der Waals surface area contributed by atoms with Crippen molar-refractivity contribution in [2.24, 2.45) is 0 Å². The molecule has 0 aromatic heterocycles. The lowest BCUT2D eigenvalue weighted by atomic mass is 10.1. The average Bonchev–Trinajstić information content (AvgIpc) is 2.53. The van der Waals surface area contributed by atoms with Gasteiger partial charge < -0.3 is 4.74 Å². The Morgan fingerprint density at radius 1 is 0.909 bits per heavy atom. The molecule has 0 unspecified atom stereocenters. The molecule has 0 aliphatic rings. The van der Waals surface area contributed by atoms with Crippen molar-refractivity contribution in [3.63, 3.8) is 0 Å². The van der Waals surface area contributed by atoms with Gasteiger partial charge in [0.05, 0.1) is 7.11 Å². The van der Waals surface area contributed by atoms with Crippen molar-refractivity contribution in [2.45, 2.75) is 84.0 Å². The van der Waals surface area contributed by atoms with E-state index in [9.17, 15) is 9.59 Å². The van der Waals surface area contributed by atoms with Crippen LogP contribution in [0.3, 0.4) is 0 Å². The molecule has 0 heterocycles. The molecule has 3 nitrogen and oxygen atoms in total. The maximum Gasteiger partial charge on any atom is 0.305 e. The van der Waals surface area contributed by atoms with Gasteiger partial charge in [-0.1, -0.05) is 45.4 Å². The summed E-state index contributed by atoms with van der Waals surface area (Å²) in [5.74, 6) is 0.0718. The lowest BCUT2D eigenvalue weighted by molar-refractivity contribution is -0.140. The van der Waals surface area contributed by atoms with Gasteiger partial charge in [0.15, 0.2) is 5.78 Å². The van der Waals surface area contributed by atoms with E-state index < -0.39 is 0 Å². The van der Waals surface area contributed by atoms with E-state index in [2.05, 4.69) is 17.4 Å². The maximum absolute atomic E-state index is 11.5. The molecule has 0 aliphatic heterocycles. The Balaban J connectivity index is 3.43. The Morgan fingerprint density at radius 2 is 1.55 bits per heavy atom. The molecule has 0 atom stereocenters. The fraction of sp³-hybridized carbons (Fsp3) is 0.737. The molecule has 0 rings (SSSR count). The van der Waals surface area contributed by atoms with Gasteiger partial charge in [-0.25, -0.2) is 0 Å². The van der Waals surface area contributed by atoms with Gasteiger partial charge in [-0.2, -0.15) is 0 Å². The van der Waals surface area contributed by atoms with Crippen molar-refractivity contribution in [2.75, 3.05) is 7.11 Å². The van der Waals surface area contributed by atoms with E-state index in [1.54, 1.807) is 6.08 Å². The molecule has 0 aliphatic carbocycles. The topological polar surface area (TPSA) is 43.4 Å². The predicted molar refractivity (Wildman–Crippen MR) is 90.8 cm³/mol. The number of esters is 1. The number of allylic oxidation sites excluding steroid dienone is 1. The van der Waals surface area contributed by atoms with E-state index in [-0.39, 0.29) is 11.8 Å². The molecule has 0 aromatic carbocycles. The number of methoxy groups -OCH3 is 1. The fourth-order valence-electron chi connectivity index (χ4n) is 2.18. The summed E-state index contributed by atoms with van der Waals surface area (Å²) >= 11 is 0. The van der Waals surface area contributed by atoms with Crippen molar-refractivity contribution in [1.82, 2.24) is 0 Å². The van der Waals surface area contributed by atoms with Crippen LogP contribution in [0.25, 0.3) is 0 Å². The molecule has 0 N–H and O–H groups in total. The van der Waals surface area contributed by atoms with Gasteiger partial charge in [-0.3, -0.25) is 9.59 Å². The highest BCUT2D eigenvalue weighted by atomic mass is 16.5. The van der Waals surface area contributed by atoms with Crippen LogP contribution in [0.1, 0.15) is 84.0 Å². The first-order valence-electron chi connectivity index (χ1n) is 8.71. The van der Waals surface area contributed by atoms with E-state index in [0.29, 0.717) is 12.8 Å². The first kappa shape index (κ1) is 20.7. The number of ketones is 1. The average molecular weight is 308 g/mol. The summed E-state index contributed by atoms with van der Waals surface area (Å²) in [7, 11) is 1.43. The summed E-state index contributed by atoms with van der Waals surface area (Å²) in [5, 5.41) is 0. The summed E-state index contributed by atoms with van der Waals surface area (Å²) in [5.41, 5.74) is 2.99. The third-order valence-electron chi connectivity index (χ3n) is 3.60. The number of ether oxygens (including phenoxy) is 1. The standard InChI is InChI=1S/C19H32O3/c1-3-4-5-12-15-18(20)16-13-10-8-6-7-9-11-14-17-19(21)22-2/h10,16H,3-9,11-12,14-15,17H2,1-2H3. The molecule has 0 fully saturated rings. The van der Waals surface area contributed by atoms with Gasteiger partial charge in [0.2, 0.25) is 0 Å². The van der Waals surface area contributed by atoms with Crippen molar-refractivity contribution >= 4 is 11.8 Å². The van der Waals surface area contributed by atoms with Crippen LogP contribution in [0.4, 0.5) is 0 Å². The number of carbonyl (C=O) groups excluding carboxylic acids is 2. The highest BCUT2D eigenvalue weighted by molar-refractivity contribution is 5.89. The number of unbranched alkanes of at least 4 members (excludes halogenated alkanes) is 8. The molecule has 126 valence electrons. The SMILES string of the molecule is CCCCCCC(=O)C=C=CCCCCCCCC(=O)OC. The van der Waals surface area contributed by atoms with Crippen molar-refractivity contribution in [1.29, 1.82) is 0 Å². The van der Waals surface area contributed by atoms with E-state index >= 15 is 0 Å². The second-order valence-corrected chi connectivity index (χ2v) is 5.67. The molecular formula is C19H32O3. The zero-order valence-electron chi connectivity index (χ0n) is 14.4. The second kappa shape index (κ2) is 16.0. The summed E-state index contributed by atoms with van der Waals surface area (Å²) < 4.78 is 4.59. The van der Waals surface area contributed by atoms with E-state index in [1.807, 2.05) is 6.08 Å². The van der Waals surface area contributed by atoms with Crippen LogP contribution in [-0.2, 0) is 14.3 Å². The third kappa shape index (κ3) is 15.1. The fourth-order valence-corrected chi connectivity index (χ4v) is 2.18. The van der Waals surface area contributed by atoms with Crippen molar-refractivity contribution in [3.8, 4) is 0 Å². The highest BCUT2D eigenvalue weighted by Crippen LogP contribution is 2.08. The summed E-state index contributed by atoms with van der Waals surface area (Å²) in [6.45, 7) is 2.17. The van der Waals surface area contributed by atoms with Gasteiger partial charge in [0, 0.05) is 18.9 Å². The van der Waals surface area contributed by atoms with Crippen LogP contribution in [0.2, 0.25) is 0 Å². The minimum Gasteiger partial charge on any atom is -0.469 e. The monoisotopic (exact) mass is 308 g/mol. The molecule has 0 bridgehead atoms. The van der Waals surface area contributed by atoms with Crippen molar-refractivity contribution in [3.05, 3.63) is 17.9 Å². The smallest absolute Gasteiger partial charge is 0.305 e. The second-order valence-electron chi connectivity index (χ2n) is 5.67. The van der Waals surface area contributed by atoms with E-state index in [0.717, 1.165) is 51.4 Å². The molecule has 22 heavy (non-hydrogen) atoms. The molecule has 0 spiro atoms. The van der Waals surface area contributed by atoms with Crippen LogP contribution >= 0.6 is 0 Å². The van der Waals surface area contributed by atoms with Gasteiger partial charge in [-0.15, -0.1) is 5.73 Å². The molecule has 0 aromatic rings. The number of carbonyl (C=O) groups is 2. The molecule has 0 radical (unpaired) electrons. The van der Waals surface area contributed by atoms with Gasteiger partial charge >= 0.3 is 5.97 Å². The highest BCUT2D eigenvalue weighted by Gasteiger charge is 1.98. The Bertz CT molecular complexity index is 352. The van der Waals surface area contributed by atoms with Crippen LogP contribution in [0.5, 0.6) is 0 Å². The summed E-state index contributed by atoms with van der Waals surface area (Å²) in [4.78, 5) is 22.4. The quantitative estimate of drug-likeness (QED) is 0.193. The minimum absolute atomic E-state index is 0.118. The number of hydrogen-bond donors (Lipinski definition) is 0. The molecular weight excluding hydrogens is 276 g/mol. The Kier molecular flexibility index (Phi) is 15.1. The predicted octanol–water partition coefficient (Wildman–Crippen LogP) is 5.14. The zero-order valence-corrected chi connectivity index (χ0v) is 14.4. The maximum atomic E-state index is 11.5. The number of hydrogen-bond acceptors (Lipinski definition) is 3. The van der Waals surface area contributed by atoms with Gasteiger partial charge in [0.1, 0.15) is 0 Å². The molecule has 0 amide bonds. The van der Waals surface area contributed by atoms with E-state index in [4.69, 9.17) is 0 Å². The lowest BCUT2D eigenvalue weighted by Crippen LogP contribution is -1.98. The molecule has 0 saturated heterocycles. The lowest BCUT2D eigenvalue weighted by Gasteiger charge is -1.99. The van der Waals surface area contributed by atoms with Crippen LogP contribution in [-0.4, -0.2) is 18.9 Å². The van der Waals surface area contributed by atoms with Gasteiger partial charge in [-0.05, 0) is 31.8 Å². The first-order valence-corrected chi connectivity index (χ1v) is 8.71. The zero-order chi connectivity index (χ0) is 16.5. The number of rotatable bonds is 14. The summed E-state index contributed by atoms with van der Waals surface area (Å²) in [6.07, 6.45) is 15.7. The minimum atomic E-state index is -0.118. The Labute approximate surface area is 135 Å². The van der Waals surface area contributed by atoms with Crippen molar-refractivity contribution < 1.29 is 14.3 Å². The molecule has 0 saturated carbocycles. The first-order chi connectivity index (χ1) is 10.7. The van der Waals surface area contributed by atoms with Crippen LogP contribution in [0.15, 0.2) is 17.9 Å². The normalized spacial score (nSPS) is 9.91. The Morgan fingerprint density at radius 3 is 2.27 bits per heavy atom. The Hall–Kier alpha value is -1.34. The van der Waals surface area contributed by atoms with Crippen LogP contribution < -0.4 is 0 Å². The molecule has 3 heteroatoms. The van der Waals surface area contributed by atoms with Gasteiger partial charge in [0.25, 0.3) is 0 Å². The largest absolute Gasteiger partial charge is 0.469 e. The van der Waals surface area contributed by atoms with Crippen LogP contribution in [0, 0.1) is 0 Å². The summed E-state index contributed by atoms with van der Waals surface area (Å²) in [6, 6.07) is 0. The third-order valence-corrected chi connectivity index (χ3v) is 3.60. The van der Waals surface area contributed by atoms with E-state index in [1.165, 1.54) is 20.0 Å².